The molecule has 1 fully saturated rings. The summed E-state index contributed by atoms with van der Waals surface area (Å²) in [5.74, 6) is 0. The lowest BCUT2D eigenvalue weighted by atomic mass is 10.0. The second kappa shape index (κ2) is 5.99. The fraction of sp³-hybridized carbons (Fsp3) is 1.00. The molecule has 0 aliphatic carbocycles. The summed E-state index contributed by atoms with van der Waals surface area (Å²) in [6.45, 7) is 10.6. The highest BCUT2D eigenvalue weighted by Gasteiger charge is 2.17. The molecule has 1 saturated heterocycles. The van der Waals surface area contributed by atoms with Gasteiger partial charge in [-0.1, -0.05) is 0 Å². The van der Waals surface area contributed by atoms with Gasteiger partial charge < -0.3 is 14.2 Å². The zero-order valence-electron chi connectivity index (χ0n) is 10.8. The fourth-order valence-corrected chi connectivity index (χ4v) is 2.11. The summed E-state index contributed by atoms with van der Waals surface area (Å²) >= 11 is 0. The molecule has 0 unspecified atom stereocenters. The van der Waals surface area contributed by atoms with Crippen molar-refractivity contribution in [2.45, 2.75) is 32.3 Å². The monoisotopic (exact) mass is 230 g/mol. The van der Waals surface area contributed by atoms with E-state index in [0.29, 0.717) is 0 Å². The van der Waals surface area contributed by atoms with Gasteiger partial charge in [-0.25, -0.2) is 0 Å². The van der Waals surface area contributed by atoms with E-state index in [-0.39, 0.29) is 5.60 Å². The SMILES string of the molecule is CN1CCN(CCCC(C)(C)O[SiH3])CC1. The Hall–Kier alpha value is 0.0969. The summed E-state index contributed by atoms with van der Waals surface area (Å²) in [7, 11) is 3.06. The van der Waals surface area contributed by atoms with Crippen LogP contribution in [0.5, 0.6) is 0 Å². The molecule has 0 saturated carbocycles. The molecule has 0 aromatic rings. The van der Waals surface area contributed by atoms with Crippen molar-refractivity contribution in [1.29, 1.82) is 0 Å². The third-order valence-electron chi connectivity index (χ3n) is 3.40. The maximum atomic E-state index is 5.56. The quantitative estimate of drug-likeness (QED) is 0.623. The van der Waals surface area contributed by atoms with Crippen LogP contribution in [0.2, 0.25) is 0 Å². The molecule has 0 aromatic heterocycles. The van der Waals surface area contributed by atoms with E-state index >= 15 is 0 Å². The van der Waals surface area contributed by atoms with E-state index in [0.717, 1.165) is 10.5 Å². The van der Waals surface area contributed by atoms with Gasteiger partial charge >= 0.3 is 0 Å². The predicted molar refractivity (Wildman–Crippen MR) is 68.3 cm³/mol. The van der Waals surface area contributed by atoms with Gasteiger partial charge in [-0.2, -0.15) is 0 Å². The van der Waals surface area contributed by atoms with Gasteiger partial charge in [0, 0.05) is 31.8 Å². The molecule has 0 N–H and O–H groups in total. The summed E-state index contributed by atoms with van der Waals surface area (Å²) in [6.07, 6.45) is 2.45. The second-order valence-electron chi connectivity index (χ2n) is 5.21. The molecule has 0 aromatic carbocycles. The molecule has 0 atom stereocenters. The van der Waals surface area contributed by atoms with Crippen molar-refractivity contribution < 1.29 is 4.43 Å². The van der Waals surface area contributed by atoms with E-state index in [1.165, 1.54) is 45.6 Å². The highest BCUT2D eigenvalue weighted by atomic mass is 28.2. The molecule has 0 radical (unpaired) electrons. The van der Waals surface area contributed by atoms with Crippen LogP contribution in [0.4, 0.5) is 0 Å². The molecule has 3 nitrogen and oxygen atoms in total. The molecule has 1 heterocycles. The van der Waals surface area contributed by atoms with Crippen LogP contribution in [-0.4, -0.2) is 65.7 Å². The number of likely N-dealkylation sites (N-methyl/N-ethyl adjacent to an activating group) is 1. The lowest BCUT2D eigenvalue weighted by Gasteiger charge is -2.33. The summed E-state index contributed by atoms with van der Waals surface area (Å²) in [5, 5.41) is 0. The largest absolute Gasteiger partial charge is 0.423 e. The summed E-state index contributed by atoms with van der Waals surface area (Å²) in [6, 6.07) is 0. The van der Waals surface area contributed by atoms with Gasteiger partial charge in [0.2, 0.25) is 0 Å². The van der Waals surface area contributed by atoms with Crippen molar-refractivity contribution in [3.8, 4) is 0 Å². The van der Waals surface area contributed by atoms with Crippen molar-refractivity contribution in [1.82, 2.24) is 9.80 Å². The van der Waals surface area contributed by atoms with E-state index < -0.39 is 0 Å². The second-order valence-corrected chi connectivity index (χ2v) is 5.62. The van der Waals surface area contributed by atoms with Crippen LogP contribution in [0.15, 0.2) is 0 Å². The highest BCUT2D eigenvalue weighted by Crippen LogP contribution is 2.15. The smallest absolute Gasteiger partial charge is 0.146 e. The number of piperazine rings is 1. The van der Waals surface area contributed by atoms with E-state index in [1.807, 2.05) is 0 Å². The third kappa shape index (κ3) is 5.11. The molecule has 1 aliphatic rings. The van der Waals surface area contributed by atoms with E-state index in [2.05, 4.69) is 30.7 Å². The van der Waals surface area contributed by atoms with Crippen molar-refractivity contribution in [2.24, 2.45) is 0 Å². The molecule has 0 bridgehead atoms. The van der Waals surface area contributed by atoms with Gasteiger partial charge in [0.1, 0.15) is 10.5 Å². The van der Waals surface area contributed by atoms with Gasteiger partial charge in [-0.15, -0.1) is 0 Å². The van der Waals surface area contributed by atoms with Crippen LogP contribution in [0, 0.1) is 0 Å². The Morgan fingerprint density at radius 3 is 2.33 bits per heavy atom. The Balaban J connectivity index is 2.10. The number of rotatable bonds is 5. The zero-order chi connectivity index (χ0) is 11.3. The lowest BCUT2D eigenvalue weighted by molar-refractivity contribution is 0.0969. The lowest BCUT2D eigenvalue weighted by Crippen LogP contribution is -2.44. The minimum absolute atomic E-state index is 0.110. The number of hydrogen-bond donors (Lipinski definition) is 0. The van der Waals surface area contributed by atoms with Gasteiger partial charge in [0.25, 0.3) is 0 Å². The standard InChI is InChI=1S/C11H26N2OSi/c1-11(2,14-15)5-4-6-13-9-7-12(3)8-10-13/h4-10H2,1-3,15H3. The summed E-state index contributed by atoms with van der Waals surface area (Å²) in [5.41, 5.74) is 0.110. The minimum atomic E-state index is 0.110. The molecule has 0 spiro atoms. The van der Waals surface area contributed by atoms with Crippen LogP contribution in [0.3, 0.4) is 0 Å². The van der Waals surface area contributed by atoms with Crippen molar-refractivity contribution in [3.63, 3.8) is 0 Å². The molecule has 4 heteroatoms. The zero-order valence-corrected chi connectivity index (χ0v) is 12.8. The van der Waals surface area contributed by atoms with E-state index in [9.17, 15) is 0 Å². The summed E-state index contributed by atoms with van der Waals surface area (Å²) < 4.78 is 5.56. The topological polar surface area (TPSA) is 15.7 Å². The number of nitrogens with zero attached hydrogens (tertiary/aromatic N) is 2. The van der Waals surface area contributed by atoms with E-state index in [4.69, 9.17) is 4.43 Å². The molecule has 1 aliphatic heterocycles. The van der Waals surface area contributed by atoms with Crippen molar-refractivity contribution in [3.05, 3.63) is 0 Å². The Morgan fingerprint density at radius 2 is 1.80 bits per heavy atom. The molecule has 1 rings (SSSR count). The normalized spacial score (nSPS) is 21.0. The fourth-order valence-electron chi connectivity index (χ4n) is 1.90. The molecule has 15 heavy (non-hydrogen) atoms. The van der Waals surface area contributed by atoms with Crippen LogP contribution in [0.1, 0.15) is 26.7 Å². The van der Waals surface area contributed by atoms with Gasteiger partial charge in [0.15, 0.2) is 0 Å². The first-order valence-corrected chi connectivity index (χ1v) is 6.81. The maximum Gasteiger partial charge on any atom is 0.146 e. The average molecular weight is 230 g/mol. The van der Waals surface area contributed by atoms with Crippen LogP contribution >= 0.6 is 0 Å². The Kier molecular flexibility index (Phi) is 5.25. The minimum Gasteiger partial charge on any atom is -0.423 e. The Labute approximate surface area is 97.3 Å². The highest BCUT2D eigenvalue weighted by molar-refractivity contribution is 5.98. The van der Waals surface area contributed by atoms with Crippen LogP contribution in [-0.2, 0) is 4.43 Å². The summed E-state index contributed by atoms with van der Waals surface area (Å²) in [4.78, 5) is 4.98. The molecular weight excluding hydrogens is 204 g/mol. The first-order chi connectivity index (χ1) is 7.03. The Bertz CT molecular complexity index is 179. The predicted octanol–water partition coefficient (Wildman–Crippen LogP) is 0.0896. The molecular formula is C11H26N2OSi. The van der Waals surface area contributed by atoms with Crippen molar-refractivity contribution in [2.75, 3.05) is 39.8 Å². The van der Waals surface area contributed by atoms with Gasteiger partial charge in [-0.3, -0.25) is 0 Å². The van der Waals surface area contributed by atoms with Gasteiger partial charge in [-0.05, 0) is 40.3 Å². The first kappa shape index (κ1) is 13.2. The van der Waals surface area contributed by atoms with E-state index in [1.54, 1.807) is 0 Å². The molecule has 90 valence electrons. The van der Waals surface area contributed by atoms with Crippen LogP contribution in [0.25, 0.3) is 0 Å². The van der Waals surface area contributed by atoms with Crippen LogP contribution < -0.4 is 0 Å². The third-order valence-corrected chi connectivity index (χ3v) is 4.51. The number of hydrogen-bond acceptors (Lipinski definition) is 3. The van der Waals surface area contributed by atoms with Crippen molar-refractivity contribution >= 4 is 10.5 Å². The maximum absolute atomic E-state index is 5.56. The molecule has 0 amide bonds. The Morgan fingerprint density at radius 1 is 1.20 bits per heavy atom. The average Bonchev–Trinajstić information content (AvgIpc) is 2.21. The first-order valence-electron chi connectivity index (χ1n) is 5.99. The van der Waals surface area contributed by atoms with Gasteiger partial charge in [0.05, 0.1) is 0 Å².